The number of alkyl halides is 1. The minimum atomic E-state index is -0.0177. The normalized spacial score (nSPS) is 9.93. The minimum absolute atomic E-state index is 0.0177. The maximum atomic E-state index is 11.2. The van der Waals surface area contributed by atoms with Crippen molar-refractivity contribution in [3.8, 4) is 5.75 Å². The van der Waals surface area contributed by atoms with Crippen LogP contribution in [0, 0.1) is 0 Å². The summed E-state index contributed by atoms with van der Waals surface area (Å²) < 4.78 is 6.19. The van der Waals surface area contributed by atoms with Crippen molar-refractivity contribution in [3.05, 3.63) is 28.2 Å². The Labute approximate surface area is 96.3 Å². The minimum Gasteiger partial charge on any atom is -0.492 e. The van der Waals surface area contributed by atoms with Gasteiger partial charge < -0.3 is 4.74 Å². The molecule has 0 aromatic heterocycles. The lowest BCUT2D eigenvalue weighted by Gasteiger charge is -2.08. The molecule has 0 N–H and O–H groups in total. The van der Waals surface area contributed by atoms with Crippen LogP contribution in [-0.4, -0.2) is 18.3 Å². The second-order valence-corrected chi connectivity index (χ2v) is 4.03. The monoisotopic (exact) mass is 276 g/mol. The molecule has 76 valence electrons. The largest absolute Gasteiger partial charge is 0.492 e. The molecule has 0 spiro atoms. The first-order chi connectivity index (χ1) is 6.65. The summed E-state index contributed by atoms with van der Waals surface area (Å²) in [6.07, 6.45) is 0. The smallest absolute Gasteiger partial charge is 0.163 e. The number of carbonyl (C=O) groups excluding carboxylic acids is 1. The zero-order valence-electron chi connectivity index (χ0n) is 7.72. The van der Waals surface area contributed by atoms with Gasteiger partial charge in [0, 0.05) is 4.47 Å². The second kappa shape index (κ2) is 5.37. The fraction of sp³-hybridized carbons (Fsp3) is 0.300. The predicted octanol–water partition coefficient (Wildman–Crippen LogP) is 3.27. The number of rotatable bonds is 4. The lowest BCUT2D eigenvalue weighted by molar-refractivity contribution is 0.101. The molecule has 14 heavy (non-hydrogen) atoms. The highest BCUT2D eigenvalue weighted by atomic mass is 79.9. The van der Waals surface area contributed by atoms with Crippen molar-refractivity contribution in [1.82, 2.24) is 0 Å². The van der Waals surface area contributed by atoms with Gasteiger partial charge in [-0.05, 0) is 25.1 Å². The third-order valence-electron chi connectivity index (χ3n) is 1.66. The van der Waals surface area contributed by atoms with E-state index in [0.717, 1.165) is 4.47 Å². The molecule has 0 saturated heterocycles. The highest BCUT2D eigenvalue weighted by molar-refractivity contribution is 9.10. The first-order valence-electron chi connectivity index (χ1n) is 4.14. The van der Waals surface area contributed by atoms with E-state index in [9.17, 15) is 4.79 Å². The molecule has 0 radical (unpaired) electrons. The predicted molar refractivity (Wildman–Crippen MR) is 60.4 cm³/mol. The summed E-state index contributed by atoms with van der Waals surface area (Å²) in [5, 5.41) is 0. The van der Waals surface area contributed by atoms with Crippen LogP contribution in [0.3, 0.4) is 0 Å². The Balaban J connectivity index is 2.96. The van der Waals surface area contributed by atoms with Gasteiger partial charge in [-0.1, -0.05) is 15.9 Å². The van der Waals surface area contributed by atoms with Crippen LogP contribution in [0.15, 0.2) is 22.7 Å². The number of hydrogen-bond acceptors (Lipinski definition) is 2. The van der Waals surface area contributed by atoms with Gasteiger partial charge >= 0.3 is 0 Å². The van der Waals surface area contributed by atoms with E-state index in [2.05, 4.69) is 15.9 Å². The standard InChI is InChI=1S/C10H10BrClO2/c1-7(13)9-6-8(11)2-3-10(9)14-5-4-12/h2-3,6H,4-5H2,1H3. The van der Waals surface area contributed by atoms with Crippen LogP contribution in [0.2, 0.25) is 0 Å². The van der Waals surface area contributed by atoms with Crippen molar-refractivity contribution in [1.29, 1.82) is 0 Å². The van der Waals surface area contributed by atoms with Gasteiger partial charge in [-0.25, -0.2) is 0 Å². The summed E-state index contributed by atoms with van der Waals surface area (Å²) in [5.41, 5.74) is 0.574. The molecule has 1 aromatic carbocycles. The molecule has 2 nitrogen and oxygen atoms in total. The van der Waals surface area contributed by atoms with Crippen LogP contribution < -0.4 is 4.74 Å². The van der Waals surface area contributed by atoms with E-state index >= 15 is 0 Å². The van der Waals surface area contributed by atoms with Crippen molar-refractivity contribution >= 4 is 33.3 Å². The number of ether oxygens (including phenoxy) is 1. The Morgan fingerprint density at radius 1 is 1.57 bits per heavy atom. The van der Waals surface area contributed by atoms with Gasteiger partial charge in [-0.15, -0.1) is 11.6 Å². The number of benzene rings is 1. The van der Waals surface area contributed by atoms with Crippen LogP contribution >= 0.6 is 27.5 Å². The molecule has 0 saturated carbocycles. The van der Waals surface area contributed by atoms with Crippen LogP contribution in [0.5, 0.6) is 5.75 Å². The first-order valence-corrected chi connectivity index (χ1v) is 5.47. The fourth-order valence-electron chi connectivity index (χ4n) is 1.05. The summed E-state index contributed by atoms with van der Waals surface area (Å²) in [6.45, 7) is 1.92. The average molecular weight is 278 g/mol. The first kappa shape index (κ1) is 11.5. The molecular weight excluding hydrogens is 267 g/mol. The van der Waals surface area contributed by atoms with E-state index < -0.39 is 0 Å². The fourth-order valence-corrected chi connectivity index (χ4v) is 1.49. The Morgan fingerprint density at radius 2 is 2.29 bits per heavy atom. The summed E-state index contributed by atoms with van der Waals surface area (Å²) in [5.74, 6) is 0.977. The second-order valence-electron chi connectivity index (χ2n) is 2.73. The van der Waals surface area contributed by atoms with Crippen molar-refractivity contribution in [2.45, 2.75) is 6.92 Å². The molecule has 0 heterocycles. The summed E-state index contributed by atoms with van der Waals surface area (Å²) in [4.78, 5) is 11.2. The van der Waals surface area contributed by atoms with Crippen molar-refractivity contribution in [3.63, 3.8) is 0 Å². The van der Waals surface area contributed by atoms with Gasteiger partial charge in [-0.3, -0.25) is 4.79 Å². The lowest BCUT2D eigenvalue weighted by atomic mass is 10.1. The van der Waals surface area contributed by atoms with Crippen molar-refractivity contribution in [2.24, 2.45) is 0 Å². The van der Waals surface area contributed by atoms with E-state index in [4.69, 9.17) is 16.3 Å². The van der Waals surface area contributed by atoms with E-state index in [1.54, 1.807) is 12.1 Å². The number of hydrogen-bond donors (Lipinski definition) is 0. The SMILES string of the molecule is CC(=O)c1cc(Br)ccc1OCCCl. The quantitative estimate of drug-likeness (QED) is 0.624. The van der Waals surface area contributed by atoms with E-state index in [1.807, 2.05) is 6.07 Å². The molecule has 1 aromatic rings. The summed E-state index contributed by atoms with van der Waals surface area (Å²) in [6, 6.07) is 5.33. The van der Waals surface area contributed by atoms with Gasteiger partial charge in [0.25, 0.3) is 0 Å². The van der Waals surface area contributed by atoms with Gasteiger partial charge in [0.2, 0.25) is 0 Å². The molecule has 0 aliphatic rings. The van der Waals surface area contributed by atoms with Crippen molar-refractivity contribution in [2.75, 3.05) is 12.5 Å². The van der Waals surface area contributed by atoms with Crippen LogP contribution in [0.25, 0.3) is 0 Å². The zero-order valence-corrected chi connectivity index (χ0v) is 10.1. The summed E-state index contributed by atoms with van der Waals surface area (Å²) in [7, 11) is 0. The van der Waals surface area contributed by atoms with Crippen LogP contribution in [-0.2, 0) is 0 Å². The van der Waals surface area contributed by atoms with Crippen LogP contribution in [0.4, 0.5) is 0 Å². The lowest BCUT2D eigenvalue weighted by Crippen LogP contribution is -2.03. The Bertz CT molecular complexity index is 339. The van der Waals surface area contributed by atoms with Gasteiger partial charge in [-0.2, -0.15) is 0 Å². The third-order valence-corrected chi connectivity index (χ3v) is 2.30. The zero-order chi connectivity index (χ0) is 10.6. The Morgan fingerprint density at radius 3 is 2.86 bits per heavy atom. The molecule has 0 amide bonds. The van der Waals surface area contributed by atoms with E-state index in [1.165, 1.54) is 6.92 Å². The highest BCUT2D eigenvalue weighted by Gasteiger charge is 2.08. The molecule has 0 aliphatic carbocycles. The van der Waals surface area contributed by atoms with Crippen LogP contribution in [0.1, 0.15) is 17.3 Å². The Kier molecular flexibility index (Phi) is 4.42. The third kappa shape index (κ3) is 3.00. The van der Waals surface area contributed by atoms with E-state index in [-0.39, 0.29) is 5.78 Å². The molecule has 0 atom stereocenters. The molecule has 0 fully saturated rings. The Hall–Kier alpha value is -0.540. The molecule has 0 aliphatic heterocycles. The molecule has 0 unspecified atom stereocenters. The number of ketones is 1. The summed E-state index contributed by atoms with van der Waals surface area (Å²) >= 11 is 8.79. The van der Waals surface area contributed by atoms with Gasteiger partial charge in [0.05, 0.1) is 11.4 Å². The van der Waals surface area contributed by atoms with Crippen molar-refractivity contribution < 1.29 is 9.53 Å². The maximum Gasteiger partial charge on any atom is 0.163 e. The van der Waals surface area contributed by atoms with E-state index in [0.29, 0.717) is 23.8 Å². The number of Topliss-reactive ketones (excluding diaryl/α,β-unsaturated/α-hetero) is 1. The highest BCUT2D eigenvalue weighted by Crippen LogP contribution is 2.23. The molecule has 0 bridgehead atoms. The molecular formula is C10H10BrClO2. The number of carbonyl (C=O) groups is 1. The van der Waals surface area contributed by atoms with Gasteiger partial charge in [0.15, 0.2) is 5.78 Å². The number of halogens is 2. The maximum absolute atomic E-state index is 11.2. The van der Waals surface area contributed by atoms with Gasteiger partial charge in [0.1, 0.15) is 12.4 Å². The molecule has 4 heteroatoms. The topological polar surface area (TPSA) is 26.3 Å². The molecule has 1 rings (SSSR count). The average Bonchev–Trinajstić information content (AvgIpc) is 2.15.